The Labute approximate surface area is 191 Å². The predicted octanol–water partition coefficient (Wildman–Crippen LogP) is 5.97. The van der Waals surface area contributed by atoms with Crippen molar-refractivity contribution in [2.45, 2.75) is 51.1 Å². The van der Waals surface area contributed by atoms with E-state index >= 15 is 0 Å². The van der Waals surface area contributed by atoms with Gasteiger partial charge in [-0.05, 0) is 75.4 Å². The maximum Gasteiger partial charge on any atom is 0.186 e. The summed E-state index contributed by atoms with van der Waals surface area (Å²) in [7, 11) is 0.452. The predicted molar refractivity (Wildman–Crippen MR) is 141 cm³/mol. The standard InChI is InChI=1S/C24H42N3O2Si2/c1-28-30(3,4)19-7-17-27(18-8-20-31(5,6)29-2,23-13-9-21(25)10-14-23)24-15-11-22(26)12-16-24/h9-16H,7-8,17-20,25-26H2,1-6H3/q+1. The second kappa shape index (κ2) is 10.8. The van der Waals surface area contributed by atoms with Gasteiger partial charge in [-0.25, -0.2) is 0 Å². The van der Waals surface area contributed by atoms with Gasteiger partial charge in [-0.3, -0.25) is 4.48 Å². The third-order valence-electron chi connectivity index (χ3n) is 6.52. The van der Waals surface area contributed by atoms with Crippen molar-refractivity contribution < 1.29 is 8.85 Å². The molecule has 0 aliphatic rings. The van der Waals surface area contributed by atoms with Crippen molar-refractivity contribution in [1.29, 1.82) is 0 Å². The Bertz CT molecular complexity index is 739. The second-order valence-electron chi connectivity index (χ2n) is 9.73. The number of benzene rings is 2. The van der Waals surface area contributed by atoms with E-state index in [2.05, 4.69) is 50.5 Å². The Kier molecular flexibility index (Phi) is 8.91. The quantitative estimate of drug-likeness (QED) is 0.232. The van der Waals surface area contributed by atoms with Crippen LogP contribution in [0.2, 0.25) is 38.3 Å². The van der Waals surface area contributed by atoms with Crippen LogP contribution in [0.15, 0.2) is 48.5 Å². The fraction of sp³-hybridized carbons (Fsp3) is 0.500. The van der Waals surface area contributed by atoms with Crippen LogP contribution in [0.1, 0.15) is 12.8 Å². The first-order chi connectivity index (χ1) is 14.5. The summed E-state index contributed by atoms with van der Waals surface area (Å²) in [6.07, 6.45) is 2.21. The summed E-state index contributed by atoms with van der Waals surface area (Å²) in [6.45, 7) is 11.2. The van der Waals surface area contributed by atoms with Gasteiger partial charge in [0.25, 0.3) is 0 Å². The monoisotopic (exact) mass is 460 g/mol. The van der Waals surface area contributed by atoms with Crippen molar-refractivity contribution >= 4 is 39.4 Å². The Morgan fingerprint density at radius 2 is 0.968 bits per heavy atom. The molecule has 0 spiro atoms. The lowest BCUT2D eigenvalue weighted by Gasteiger charge is -2.39. The van der Waals surface area contributed by atoms with Gasteiger partial charge in [0.15, 0.2) is 16.6 Å². The van der Waals surface area contributed by atoms with Crippen LogP contribution in [0.25, 0.3) is 0 Å². The molecule has 0 aliphatic heterocycles. The molecule has 0 radical (unpaired) electrons. The summed E-state index contributed by atoms with van der Waals surface area (Å²) in [5.41, 5.74) is 16.2. The van der Waals surface area contributed by atoms with Crippen molar-refractivity contribution in [3.05, 3.63) is 48.5 Å². The zero-order valence-electron chi connectivity index (χ0n) is 20.3. The van der Waals surface area contributed by atoms with E-state index in [0.717, 1.165) is 53.9 Å². The van der Waals surface area contributed by atoms with E-state index < -0.39 is 16.6 Å². The molecule has 172 valence electrons. The molecule has 0 unspecified atom stereocenters. The first-order valence-electron chi connectivity index (χ1n) is 11.2. The minimum Gasteiger partial charge on any atom is -0.420 e. The van der Waals surface area contributed by atoms with E-state index in [-0.39, 0.29) is 0 Å². The fourth-order valence-corrected chi connectivity index (χ4v) is 6.48. The SMILES string of the molecule is CO[Si](C)(C)CCC[N+](CCC[Si](C)(C)OC)(c1ccc(N)cc1)c1ccc(N)cc1. The van der Waals surface area contributed by atoms with Crippen LogP contribution in [0, 0.1) is 0 Å². The van der Waals surface area contributed by atoms with E-state index in [1.165, 1.54) is 11.4 Å². The van der Waals surface area contributed by atoms with Crippen LogP contribution >= 0.6 is 0 Å². The molecule has 2 rings (SSSR count). The van der Waals surface area contributed by atoms with Crippen LogP contribution in [-0.2, 0) is 8.85 Å². The molecule has 4 N–H and O–H groups in total. The van der Waals surface area contributed by atoms with Crippen molar-refractivity contribution in [3.8, 4) is 0 Å². The third kappa shape index (κ3) is 7.18. The average molecular weight is 461 g/mol. The molecule has 0 bridgehead atoms. The van der Waals surface area contributed by atoms with Crippen molar-refractivity contribution in [2.24, 2.45) is 0 Å². The molecule has 0 aromatic heterocycles. The van der Waals surface area contributed by atoms with Crippen LogP contribution in [0.4, 0.5) is 22.7 Å². The normalized spacial score (nSPS) is 12.8. The van der Waals surface area contributed by atoms with Gasteiger partial charge in [0.1, 0.15) is 11.4 Å². The number of hydrogen-bond acceptors (Lipinski definition) is 4. The average Bonchev–Trinajstić information content (AvgIpc) is 2.73. The molecule has 0 fully saturated rings. The Balaban J connectivity index is 2.45. The smallest absolute Gasteiger partial charge is 0.186 e. The molecular formula is C24H42N3O2Si2+. The molecule has 2 aromatic rings. The van der Waals surface area contributed by atoms with Gasteiger partial charge in [0, 0.05) is 49.9 Å². The summed E-state index contributed by atoms with van der Waals surface area (Å²) in [5.74, 6) is 0. The van der Waals surface area contributed by atoms with Crippen molar-refractivity contribution in [2.75, 3.05) is 38.8 Å². The minimum atomic E-state index is -1.63. The van der Waals surface area contributed by atoms with Gasteiger partial charge in [-0.1, -0.05) is 0 Å². The maximum atomic E-state index is 6.03. The van der Waals surface area contributed by atoms with E-state index in [0.29, 0.717) is 0 Å². The lowest BCUT2D eigenvalue weighted by Crippen LogP contribution is -2.47. The third-order valence-corrected chi connectivity index (χ3v) is 11.8. The number of quaternary nitrogens is 1. The van der Waals surface area contributed by atoms with Crippen molar-refractivity contribution in [1.82, 2.24) is 4.48 Å². The van der Waals surface area contributed by atoms with E-state index in [1.807, 2.05) is 38.5 Å². The summed E-state index contributed by atoms with van der Waals surface area (Å²) < 4.78 is 12.4. The summed E-state index contributed by atoms with van der Waals surface area (Å²) >= 11 is 0. The first kappa shape index (κ1) is 25.6. The van der Waals surface area contributed by atoms with E-state index in [4.69, 9.17) is 20.3 Å². The Hall–Kier alpha value is -1.65. The zero-order valence-corrected chi connectivity index (χ0v) is 22.3. The number of anilines is 2. The highest BCUT2D eigenvalue weighted by Gasteiger charge is 2.35. The lowest BCUT2D eigenvalue weighted by molar-refractivity contribution is 0.359. The zero-order chi connectivity index (χ0) is 23.1. The second-order valence-corrected chi connectivity index (χ2v) is 18.6. The molecule has 31 heavy (non-hydrogen) atoms. The first-order valence-corrected chi connectivity index (χ1v) is 17.5. The van der Waals surface area contributed by atoms with Gasteiger partial charge in [-0.2, -0.15) is 0 Å². The van der Waals surface area contributed by atoms with Gasteiger partial charge in [0.2, 0.25) is 0 Å². The molecule has 5 nitrogen and oxygen atoms in total. The van der Waals surface area contributed by atoms with E-state index in [1.54, 1.807) is 0 Å². The number of nitrogens with two attached hydrogens (primary N) is 2. The highest BCUT2D eigenvalue weighted by Crippen LogP contribution is 2.38. The summed E-state index contributed by atoms with van der Waals surface area (Å²) in [4.78, 5) is 0. The van der Waals surface area contributed by atoms with Crippen LogP contribution < -0.4 is 16.0 Å². The molecule has 0 saturated heterocycles. The molecule has 7 heteroatoms. The molecular weight excluding hydrogens is 418 g/mol. The fourth-order valence-electron chi connectivity index (χ4n) is 4.05. The van der Waals surface area contributed by atoms with Crippen molar-refractivity contribution in [3.63, 3.8) is 0 Å². The molecule has 2 aromatic carbocycles. The largest absolute Gasteiger partial charge is 0.420 e. The summed E-state index contributed by atoms with van der Waals surface area (Å²) in [5, 5.41) is 0. The molecule has 0 atom stereocenters. The molecule has 0 heterocycles. The Morgan fingerprint density at radius 3 is 1.26 bits per heavy atom. The van der Waals surface area contributed by atoms with Gasteiger partial charge < -0.3 is 20.3 Å². The summed E-state index contributed by atoms with van der Waals surface area (Å²) in [6, 6.07) is 19.1. The van der Waals surface area contributed by atoms with Crippen LogP contribution in [-0.4, -0.2) is 43.9 Å². The molecule has 0 aliphatic carbocycles. The van der Waals surface area contributed by atoms with Gasteiger partial charge >= 0.3 is 0 Å². The number of nitrogen functional groups attached to an aromatic ring is 2. The maximum absolute atomic E-state index is 6.03. The highest BCUT2D eigenvalue weighted by atomic mass is 28.4. The minimum absolute atomic E-state index is 0.792. The lowest BCUT2D eigenvalue weighted by atomic mass is 10.1. The Morgan fingerprint density at radius 1 is 0.645 bits per heavy atom. The van der Waals surface area contributed by atoms with Gasteiger partial charge in [0.05, 0.1) is 13.1 Å². The number of nitrogens with zero attached hydrogens (tertiary/aromatic N) is 1. The number of hydrogen-bond donors (Lipinski definition) is 2. The highest BCUT2D eigenvalue weighted by molar-refractivity contribution is 6.71. The topological polar surface area (TPSA) is 70.5 Å². The van der Waals surface area contributed by atoms with Gasteiger partial charge in [-0.15, -0.1) is 0 Å². The molecule has 0 amide bonds. The molecule has 0 saturated carbocycles. The van der Waals surface area contributed by atoms with Crippen LogP contribution in [0.3, 0.4) is 0 Å². The van der Waals surface area contributed by atoms with Crippen LogP contribution in [0.5, 0.6) is 0 Å². The van der Waals surface area contributed by atoms with E-state index in [9.17, 15) is 0 Å². The number of rotatable bonds is 12.